The van der Waals surface area contributed by atoms with E-state index in [1.165, 1.54) is 56.5 Å². The van der Waals surface area contributed by atoms with Crippen LogP contribution in [0.1, 0.15) is 44.1 Å². The fourth-order valence-electron chi connectivity index (χ4n) is 4.55. The molecular formula is C21H27N5OS. The first-order chi connectivity index (χ1) is 13.5. The van der Waals surface area contributed by atoms with Gasteiger partial charge in [-0.25, -0.2) is 4.98 Å². The molecule has 0 atom stereocenters. The van der Waals surface area contributed by atoms with Gasteiger partial charge in [-0.3, -0.25) is 9.36 Å². The Morgan fingerprint density at radius 2 is 1.93 bits per heavy atom. The Morgan fingerprint density at radius 1 is 1.21 bits per heavy atom. The minimum atomic E-state index is -0.0376. The van der Waals surface area contributed by atoms with Crippen LogP contribution in [0.15, 0.2) is 39.0 Å². The fraction of sp³-hybridized carbons (Fsp3) is 0.476. The van der Waals surface area contributed by atoms with Gasteiger partial charge < -0.3 is 16.0 Å². The first kappa shape index (κ1) is 19.1. The highest BCUT2D eigenvalue weighted by Gasteiger charge is 2.37. The van der Waals surface area contributed by atoms with Crippen LogP contribution in [0.25, 0.3) is 0 Å². The molecule has 148 valence electrons. The summed E-state index contributed by atoms with van der Waals surface area (Å²) in [7, 11) is 1.81. The predicted octanol–water partition coefficient (Wildman–Crippen LogP) is 3.67. The molecule has 2 heterocycles. The zero-order valence-corrected chi connectivity index (χ0v) is 17.1. The van der Waals surface area contributed by atoms with Crippen LogP contribution in [0.2, 0.25) is 0 Å². The zero-order valence-electron chi connectivity index (χ0n) is 16.3. The van der Waals surface area contributed by atoms with Gasteiger partial charge in [0.25, 0.3) is 5.56 Å². The summed E-state index contributed by atoms with van der Waals surface area (Å²) in [4.78, 5) is 21.3. The van der Waals surface area contributed by atoms with E-state index in [0.717, 1.165) is 23.9 Å². The molecule has 1 aromatic heterocycles. The van der Waals surface area contributed by atoms with Crippen LogP contribution in [0.5, 0.6) is 0 Å². The minimum absolute atomic E-state index is 0.0376. The maximum Gasteiger partial charge on any atom is 0.268 e. The second-order valence-electron chi connectivity index (χ2n) is 8.02. The molecule has 1 saturated carbocycles. The second-order valence-corrected chi connectivity index (χ2v) is 9.13. The molecule has 1 spiro atoms. The van der Waals surface area contributed by atoms with Gasteiger partial charge in [0.1, 0.15) is 0 Å². The van der Waals surface area contributed by atoms with E-state index in [9.17, 15) is 4.79 Å². The summed E-state index contributed by atoms with van der Waals surface area (Å²) in [5.41, 5.74) is 7.57. The number of benzene rings is 1. The zero-order chi connectivity index (χ0) is 19.7. The molecule has 0 unspecified atom stereocenters. The average molecular weight is 398 g/mol. The molecule has 3 N–H and O–H groups in total. The van der Waals surface area contributed by atoms with Gasteiger partial charge in [-0.05, 0) is 49.3 Å². The van der Waals surface area contributed by atoms with Gasteiger partial charge in [0.05, 0.1) is 11.1 Å². The molecule has 1 saturated heterocycles. The molecule has 28 heavy (non-hydrogen) atoms. The van der Waals surface area contributed by atoms with Crippen LogP contribution in [-0.4, -0.2) is 28.9 Å². The van der Waals surface area contributed by atoms with Gasteiger partial charge >= 0.3 is 0 Å². The quantitative estimate of drug-likeness (QED) is 0.607. The maximum atomic E-state index is 12.9. The summed E-state index contributed by atoms with van der Waals surface area (Å²) in [5.74, 6) is 0.764. The summed E-state index contributed by atoms with van der Waals surface area (Å²) in [6, 6.07) is 5.46. The van der Waals surface area contributed by atoms with Crippen molar-refractivity contribution in [1.82, 2.24) is 9.55 Å². The standard InChI is InChI=1S/C21H27N5OS/c1-25-19(27)18(28-16-4-5-17(23)15(12-16)13-22)14-24-20(25)26-10-8-21(9-11-26)6-2-3-7-21/h4-5,12-14,22H,2-3,6-11,23H2,1H3. The third-order valence-corrected chi connectivity index (χ3v) is 7.31. The smallest absolute Gasteiger partial charge is 0.268 e. The molecule has 2 aliphatic rings. The van der Waals surface area contributed by atoms with E-state index in [2.05, 4.69) is 9.88 Å². The fourth-order valence-corrected chi connectivity index (χ4v) is 5.46. The molecule has 7 heteroatoms. The van der Waals surface area contributed by atoms with E-state index in [-0.39, 0.29) is 5.56 Å². The summed E-state index contributed by atoms with van der Waals surface area (Å²) in [6.07, 6.45) is 10.8. The number of nitrogens with two attached hydrogens (primary N) is 1. The van der Waals surface area contributed by atoms with Gasteiger partial charge in [0.2, 0.25) is 5.95 Å². The molecule has 0 bridgehead atoms. The molecular weight excluding hydrogens is 370 g/mol. The SMILES string of the molecule is Cn1c(N2CCC3(CCCC3)CC2)ncc(Sc2ccc(N)c(C=N)c2)c1=O. The third-order valence-electron chi connectivity index (χ3n) is 6.33. The van der Waals surface area contributed by atoms with Crippen molar-refractivity contribution in [2.75, 3.05) is 23.7 Å². The lowest BCUT2D eigenvalue weighted by atomic mass is 9.77. The topological polar surface area (TPSA) is 88.0 Å². The highest BCUT2D eigenvalue weighted by Crippen LogP contribution is 2.46. The van der Waals surface area contributed by atoms with E-state index < -0.39 is 0 Å². The molecule has 2 aromatic rings. The number of aromatic nitrogens is 2. The Balaban J connectivity index is 1.52. The normalized spacial score (nSPS) is 18.5. The van der Waals surface area contributed by atoms with Gasteiger partial charge in [-0.2, -0.15) is 0 Å². The number of nitrogens with one attached hydrogen (secondary N) is 1. The van der Waals surface area contributed by atoms with Crippen LogP contribution in [0.3, 0.4) is 0 Å². The number of nitrogen functional groups attached to an aromatic ring is 1. The van der Waals surface area contributed by atoms with E-state index in [0.29, 0.717) is 21.6 Å². The van der Waals surface area contributed by atoms with Gasteiger partial charge in [0.15, 0.2) is 0 Å². The molecule has 4 rings (SSSR count). The van der Waals surface area contributed by atoms with Crippen molar-refractivity contribution in [2.24, 2.45) is 12.5 Å². The molecule has 1 aliphatic heterocycles. The molecule has 6 nitrogen and oxygen atoms in total. The lowest BCUT2D eigenvalue weighted by Crippen LogP contribution is -2.41. The van der Waals surface area contributed by atoms with Crippen molar-refractivity contribution in [2.45, 2.75) is 48.3 Å². The van der Waals surface area contributed by atoms with Gasteiger partial charge in [0, 0.05) is 42.5 Å². The van der Waals surface area contributed by atoms with Crippen molar-refractivity contribution in [3.63, 3.8) is 0 Å². The average Bonchev–Trinajstić information content (AvgIpc) is 3.16. The van der Waals surface area contributed by atoms with Gasteiger partial charge in [-0.15, -0.1) is 0 Å². The Bertz CT molecular complexity index is 938. The van der Waals surface area contributed by atoms with E-state index in [1.54, 1.807) is 23.9 Å². The number of rotatable bonds is 4. The first-order valence-electron chi connectivity index (χ1n) is 9.90. The van der Waals surface area contributed by atoms with Crippen LogP contribution in [0, 0.1) is 10.8 Å². The number of hydrogen-bond donors (Lipinski definition) is 2. The largest absolute Gasteiger partial charge is 0.398 e. The summed E-state index contributed by atoms with van der Waals surface area (Å²) in [5, 5.41) is 7.44. The Hall–Kier alpha value is -2.28. The van der Waals surface area contributed by atoms with Crippen molar-refractivity contribution in [3.8, 4) is 0 Å². The van der Waals surface area contributed by atoms with Gasteiger partial charge in [-0.1, -0.05) is 24.6 Å². The van der Waals surface area contributed by atoms with Crippen molar-refractivity contribution >= 4 is 29.6 Å². The number of piperidine rings is 1. The van der Waals surface area contributed by atoms with Crippen molar-refractivity contribution < 1.29 is 0 Å². The molecule has 0 radical (unpaired) electrons. The third kappa shape index (κ3) is 3.55. The van der Waals surface area contributed by atoms with Crippen LogP contribution >= 0.6 is 11.8 Å². The Kier molecular flexibility index (Phi) is 5.19. The number of anilines is 2. The Morgan fingerprint density at radius 3 is 2.61 bits per heavy atom. The summed E-state index contributed by atoms with van der Waals surface area (Å²) >= 11 is 1.36. The van der Waals surface area contributed by atoms with E-state index in [4.69, 9.17) is 11.1 Å². The number of hydrogen-bond acceptors (Lipinski definition) is 6. The van der Waals surface area contributed by atoms with Crippen LogP contribution in [-0.2, 0) is 7.05 Å². The first-order valence-corrected chi connectivity index (χ1v) is 10.7. The molecule has 2 fully saturated rings. The van der Waals surface area contributed by atoms with Crippen LogP contribution < -0.4 is 16.2 Å². The second kappa shape index (κ2) is 7.62. The predicted molar refractivity (Wildman–Crippen MR) is 115 cm³/mol. The lowest BCUT2D eigenvalue weighted by Gasteiger charge is -2.40. The molecule has 0 amide bonds. The maximum absolute atomic E-state index is 12.9. The highest BCUT2D eigenvalue weighted by atomic mass is 32.2. The highest BCUT2D eigenvalue weighted by molar-refractivity contribution is 7.99. The molecule has 1 aromatic carbocycles. The van der Waals surface area contributed by atoms with Crippen molar-refractivity contribution in [1.29, 1.82) is 5.41 Å². The Labute approximate surface area is 169 Å². The lowest BCUT2D eigenvalue weighted by molar-refractivity contribution is 0.225. The van der Waals surface area contributed by atoms with E-state index in [1.807, 2.05) is 12.1 Å². The summed E-state index contributed by atoms with van der Waals surface area (Å²) in [6.45, 7) is 1.96. The molecule has 1 aliphatic carbocycles. The number of nitrogens with zero attached hydrogens (tertiary/aromatic N) is 3. The van der Waals surface area contributed by atoms with E-state index >= 15 is 0 Å². The van der Waals surface area contributed by atoms with Crippen LogP contribution in [0.4, 0.5) is 11.6 Å². The monoisotopic (exact) mass is 397 g/mol. The minimum Gasteiger partial charge on any atom is -0.398 e. The summed E-state index contributed by atoms with van der Waals surface area (Å²) < 4.78 is 1.67. The van der Waals surface area contributed by atoms with Crippen molar-refractivity contribution in [3.05, 3.63) is 40.3 Å².